The van der Waals surface area contributed by atoms with Crippen LogP contribution in [0.4, 0.5) is 0 Å². The van der Waals surface area contributed by atoms with Crippen molar-refractivity contribution in [3.63, 3.8) is 0 Å². The number of hydrogen-bond acceptors (Lipinski definition) is 4. The summed E-state index contributed by atoms with van der Waals surface area (Å²) in [4.78, 5) is 14.8. The molecule has 0 radical (unpaired) electrons. The lowest BCUT2D eigenvalue weighted by molar-refractivity contribution is -0.0779. The molecule has 0 N–H and O–H groups in total. The standard InChI is InChI=1S/C16H21N3O2/c1-11-8-18(9-12(2)21-11)10-19-16(20)15-7-5-4-6-14(15)13(3)17-19/h4-7,11-12H,8-10H2,1-3H3. The fourth-order valence-corrected chi connectivity index (χ4v) is 3.09. The average Bonchev–Trinajstić information content (AvgIpc) is 2.43. The van der Waals surface area contributed by atoms with Crippen molar-refractivity contribution in [2.24, 2.45) is 0 Å². The molecule has 2 atom stereocenters. The van der Waals surface area contributed by atoms with Crippen LogP contribution in [0.2, 0.25) is 0 Å². The maximum atomic E-state index is 12.6. The van der Waals surface area contributed by atoms with Gasteiger partial charge in [0, 0.05) is 18.5 Å². The molecule has 112 valence electrons. The van der Waals surface area contributed by atoms with E-state index < -0.39 is 0 Å². The number of morpholine rings is 1. The minimum Gasteiger partial charge on any atom is -0.373 e. The van der Waals surface area contributed by atoms with Crippen LogP contribution in [0, 0.1) is 6.92 Å². The summed E-state index contributed by atoms with van der Waals surface area (Å²) in [6, 6.07) is 7.65. The van der Waals surface area contributed by atoms with Gasteiger partial charge in [-0.3, -0.25) is 9.69 Å². The molecule has 21 heavy (non-hydrogen) atoms. The van der Waals surface area contributed by atoms with Gasteiger partial charge in [-0.25, -0.2) is 4.68 Å². The Balaban J connectivity index is 1.94. The second kappa shape index (κ2) is 5.58. The van der Waals surface area contributed by atoms with Gasteiger partial charge in [0.1, 0.15) is 0 Å². The Labute approximate surface area is 124 Å². The van der Waals surface area contributed by atoms with Crippen molar-refractivity contribution in [2.45, 2.75) is 39.6 Å². The lowest BCUT2D eigenvalue weighted by Crippen LogP contribution is -2.47. The van der Waals surface area contributed by atoms with Crippen LogP contribution in [-0.2, 0) is 11.4 Å². The second-order valence-electron chi connectivity index (χ2n) is 5.87. The summed E-state index contributed by atoms with van der Waals surface area (Å²) >= 11 is 0. The molecule has 1 fully saturated rings. The summed E-state index contributed by atoms with van der Waals surface area (Å²) in [6.45, 7) is 8.23. The van der Waals surface area contributed by atoms with Crippen LogP contribution in [0.1, 0.15) is 19.5 Å². The van der Waals surface area contributed by atoms with E-state index in [9.17, 15) is 4.79 Å². The van der Waals surface area contributed by atoms with Crippen molar-refractivity contribution in [3.05, 3.63) is 40.3 Å². The molecule has 1 aliphatic rings. The van der Waals surface area contributed by atoms with Crippen molar-refractivity contribution < 1.29 is 4.74 Å². The third-order valence-electron chi connectivity index (χ3n) is 3.88. The van der Waals surface area contributed by atoms with Gasteiger partial charge in [-0.05, 0) is 26.8 Å². The molecule has 1 saturated heterocycles. The van der Waals surface area contributed by atoms with Crippen molar-refractivity contribution in [2.75, 3.05) is 13.1 Å². The third-order valence-corrected chi connectivity index (χ3v) is 3.88. The van der Waals surface area contributed by atoms with E-state index in [1.54, 1.807) is 4.68 Å². The minimum absolute atomic E-state index is 0.0250. The molecule has 0 amide bonds. The van der Waals surface area contributed by atoms with E-state index >= 15 is 0 Å². The van der Waals surface area contributed by atoms with Crippen LogP contribution < -0.4 is 5.56 Å². The zero-order valence-electron chi connectivity index (χ0n) is 12.7. The molecule has 1 aliphatic heterocycles. The monoisotopic (exact) mass is 287 g/mol. The smallest absolute Gasteiger partial charge is 0.275 e. The topological polar surface area (TPSA) is 47.4 Å². The average molecular weight is 287 g/mol. The first kappa shape index (κ1) is 14.2. The van der Waals surface area contributed by atoms with E-state index in [1.165, 1.54) is 0 Å². The van der Waals surface area contributed by atoms with Gasteiger partial charge in [-0.15, -0.1) is 0 Å². The van der Waals surface area contributed by atoms with Gasteiger partial charge in [0.05, 0.1) is 30.0 Å². The molecule has 2 aromatic rings. The van der Waals surface area contributed by atoms with E-state index in [0.29, 0.717) is 6.67 Å². The van der Waals surface area contributed by atoms with Gasteiger partial charge in [0.25, 0.3) is 5.56 Å². The molecule has 5 nitrogen and oxygen atoms in total. The first-order valence-electron chi connectivity index (χ1n) is 7.39. The van der Waals surface area contributed by atoms with Crippen molar-refractivity contribution in [3.8, 4) is 0 Å². The second-order valence-corrected chi connectivity index (χ2v) is 5.87. The summed E-state index contributed by atoms with van der Waals surface area (Å²) in [5.41, 5.74) is 0.863. The largest absolute Gasteiger partial charge is 0.373 e. The van der Waals surface area contributed by atoms with Crippen LogP contribution in [0.5, 0.6) is 0 Å². The highest BCUT2D eigenvalue weighted by Gasteiger charge is 2.23. The summed E-state index contributed by atoms with van der Waals surface area (Å²) in [5, 5.41) is 6.14. The zero-order chi connectivity index (χ0) is 15.0. The molecule has 5 heteroatoms. The van der Waals surface area contributed by atoms with Gasteiger partial charge in [0.2, 0.25) is 0 Å². The predicted octanol–water partition coefficient (Wildman–Crippen LogP) is 1.77. The van der Waals surface area contributed by atoms with Crippen LogP contribution in [0.3, 0.4) is 0 Å². The Bertz CT molecular complexity index is 700. The Morgan fingerprint density at radius 2 is 1.81 bits per heavy atom. The number of aryl methyl sites for hydroxylation is 1. The number of fused-ring (bicyclic) bond motifs is 1. The maximum Gasteiger partial charge on any atom is 0.275 e. The van der Waals surface area contributed by atoms with Crippen molar-refractivity contribution in [1.29, 1.82) is 0 Å². The Morgan fingerprint density at radius 1 is 1.19 bits per heavy atom. The van der Waals surface area contributed by atoms with Crippen molar-refractivity contribution in [1.82, 2.24) is 14.7 Å². The van der Waals surface area contributed by atoms with E-state index in [1.807, 2.05) is 31.2 Å². The van der Waals surface area contributed by atoms with Gasteiger partial charge in [-0.2, -0.15) is 5.10 Å². The molecule has 0 aliphatic carbocycles. The van der Waals surface area contributed by atoms with Crippen LogP contribution in [-0.4, -0.2) is 40.0 Å². The highest BCUT2D eigenvalue weighted by Crippen LogP contribution is 2.14. The van der Waals surface area contributed by atoms with E-state index in [0.717, 1.165) is 29.6 Å². The molecule has 1 aromatic heterocycles. The van der Waals surface area contributed by atoms with Crippen LogP contribution >= 0.6 is 0 Å². The molecule has 0 bridgehead atoms. The summed E-state index contributed by atoms with van der Waals surface area (Å²) < 4.78 is 7.30. The maximum absolute atomic E-state index is 12.6. The van der Waals surface area contributed by atoms with Gasteiger partial charge in [-0.1, -0.05) is 18.2 Å². The lowest BCUT2D eigenvalue weighted by atomic mass is 10.1. The number of rotatable bonds is 2. The van der Waals surface area contributed by atoms with Crippen molar-refractivity contribution >= 4 is 10.8 Å². The molecular weight excluding hydrogens is 266 g/mol. The summed E-state index contributed by atoms with van der Waals surface area (Å²) in [6.07, 6.45) is 0.372. The number of benzene rings is 1. The van der Waals surface area contributed by atoms with E-state index in [4.69, 9.17) is 4.74 Å². The van der Waals surface area contributed by atoms with Gasteiger partial charge < -0.3 is 4.74 Å². The fourth-order valence-electron chi connectivity index (χ4n) is 3.09. The van der Waals surface area contributed by atoms with Crippen LogP contribution in [0.15, 0.2) is 29.1 Å². The molecule has 2 heterocycles. The van der Waals surface area contributed by atoms with Crippen LogP contribution in [0.25, 0.3) is 10.8 Å². The first-order chi connectivity index (χ1) is 10.0. The summed E-state index contributed by atoms with van der Waals surface area (Å²) in [7, 11) is 0. The fraction of sp³-hybridized carbons (Fsp3) is 0.500. The Hall–Kier alpha value is -1.72. The summed E-state index contributed by atoms with van der Waals surface area (Å²) in [5.74, 6) is 0. The number of ether oxygens (including phenoxy) is 1. The molecule has 3 rings (SSSR count). The van der Waals surface area contributed by atoms with E-state index in [2.05, 4.69) is 23.8 Å². The zero-order valence-corrected chi connectivity index (χ0v) is 12.7. The Kier molecular flexibility index (Phi) is 3.78. The number of nitrogens with zero attached hydrogens (tertiary/aromatic N) is 3. The quantitative estimate of drug-likeness (QED) is 0.844. The number of hydrogen-bond donors (Lipinski definition) is 0. The van der Waals surface area contributed by atoms with E-state index in [-0.39, 0.29) is 17.8 Å². The molecular formula is C16H21N3O2. The normalized spacial score (nSPS) is 23.6. The highest BCUT2D eigenvalue weighted by molar-refractivity contribution is 5.83. The first-order valence-corrected chi connectivity index (χ1v) is 7.39. The SMILES string of the molecule is Cc1nn(CN2CC(C)OC(C)C2)c(=O)c2ccccc12. The van der Waals surface area contributed by atoms with Gasteiger partial charge >= 0.3 is 0 Å². The highest BCUT2D eigenvalue weighted by atomic mass is 16.5. The van der Waals surface area contributed by atoms with Gasteiger partial charge in [0.15, 0.2) is 0 Å². The minimum atomic E-state index is -0.0250. The lowest BCUT2D eigenvalue weighted by Gasteiger charge is -2.35. The molecule has 0 spiro atoms. The molecule has 2 unspecified atom stereocenters. The molecule has 0 saturated carbocycles. The Morgan fingerprint density at radius 3 is 2.48 bits per heavy atom. The predicted molar refractivity (Wildman–Crippen MR) is 82.3 cm³/mol. The molecule has 1 aromatic carbocycles. The third kappa shape index (κ3) is 2.84. The number of aromatic nitrogens is 2.